The Hall–Kier alpha value is -0.300. The van der Waals surface area contributed by atoms with E-state index in [0.29, 0.717) is 0 Å². The number of aryl methyl sites for hydroxylation is 1. The van der Waals surface area contributed by atoms with E-state index in [1.165, 1.54) is 6.07 Å². The Kier molecular flexibility index (Phi) is 5.54. The smallest absolute Gasteiger partial charge is 0.387 e. The molecule has 0 aliphatic carbocycles. The van der Waals surface area contributed by atoms with Crippen molar-refractivity contribution in [2.24, 2.45) is 0 Å². The lowest BCUT2D eigenvalue weighted by Gasteiger charge is -2.09. The van der Waals surface area contributed by atoms with Crippen molar-refractivity contribution in [3.8, 4) is 11.8 Å². The SMILES string of the molecule is Cc1cc(OC(F)F)c(C#N)c(I=CI)c1. The number of hydrogen-bond donors (Lipinski definition) is 0. The van der Waals surface area contributed by atoms with Crippen molar-refractivity contribution < 1.29 is 13.5 Å². The van der Waals surface area contributed by atoms with Gasteiger partial charge in [-0.3, -0.25) is 0 Å². The number of nitrogens with zero attached hydrogens (tertiary/aromatic N) is 1. The number of nitriles is 1. The summed E-state index contributed by atoms with van der Waals surface area (Å²) in [6, 6.07) is 5.24. The maximum absolute atomic E-state index is 12.2. The zero-order valence-electron chi connectivity index (χ0n) is 8.18. The van der Waals surface area contributed by atoms with E-state index in [2.05, 4.69) is 27.3 Å². The molecule has 0 unspecified atom stereocenters. The molecule has 2 nitrogen and oxygen atoms in total. The third kappa shape index (κ3) is 3.62. The standard InChI is InChI=1S/C10H7F2I2NO/c1-6-2-8(14-5-13)7(4-15)9(3-6)16-10(11)12/h2-3,5,10H,1H3. The Labute approximate surface area is 115 Å². The second-order valence-corrected chi connectivity index (χ2v) is 8.22. The third-order valence-corrected chi connectivity index (χ3v) is 5.02. The minimum atomic E-state index is -2.90. The summed E-state index contributed by atoms with van der Waals surface area (Å²) in [5.41, 5.74) is 1.05. The molecule has 1 aromatic rings. The molecule has 0 amide bonds. The van der Waals surface area contributed by atoms with Crippen molar-refractivity contribution in [1.82, 2.24) is 0 Å². The monoisotopic (exact) mass is 449 g/mol. The first kappa shape index (κ1) is 13.8. The average Bonchev–Trinajstić information content (AvgIpc) is 2.16. The average molecular weight is 449 g/mol. The molecule has 0 saturated carbocycles. The lowest BCUT2D eigenvalue weighted by Crippen LogP contribution is -2.04. The first-order chi connectivity index (χ1) is 7.58. The minimum Gasteiger partial charge on any atom is -0.433 e. The van der Waals surface area contributed by atoms with E-state index in [1.54, 1.807) is 6.92 Å². The molecule has 0 saturated heterocycles. The van der Waals surface area contributed by atoms with Gasteiger partial charge in [0.25, 0.3) is 0 Å². The van der Waals surface area contributed by atoms with Crippen molar-refractivity contribution in [2.45, 2.75) is 13.5 Å². The molecule has 86 valence electrons. The highest BCUT2D eigenvalue weighted by molar-refractivity contribution is 14.2. The van der Waals surface area contributed by atoms with E-state index in [1.807, 2.05) is 14.2 Å². The molecule has 0 aliphatic rings. The number of benzene rings is 1. The predicted octanol–water partition coefficient (Wildman–Crippen LogP) is 3.80. The lowest BCUT2D eigenvalue weighted by molar-refractivity contribution is -0.0501. The topological polar surface area (TPSA) is 33.0 Å². The highest BCUT2D eigenvalue weighted by atomic mass is 127. The normalized spacial score (nSPS) is 11.2. The van der Waals surface area contributed by atoms with Gasteiger partial charge in [0.2, 0.25) is 0 Å². The van der Waals surface area contributed by atoms with E-state index < -0.39 is 27.3 Å². The maximum Gasteiger partial charge on any atom is 0.387 e. The Morgan fingerprint density at radius 3 is 2.75 bits per heavy atom. The molecule has 0 atom stereocenters. The molecule has 0 bridgehead atoms. The van der Waals surface area contributed by atoms with Gasteiger partial charge in [-0.1, -0.05) is 20.7 Å². The molecule has 1 rings (SSSR count). The second kappa shape index (κ2) is 6.44. The van der Waals surface area contributed by atoms with Crippen LogP contribution in [0.4, 0.5) is 8.78 Å². The fourth-order valence-corrected chi connectivity index (χ4v) is 4.46. The van der Waals surface area contributed by atoms with Crippen molar-refractivity contribution >= 4 is 45.3 Å². The van der Waals surface area contributed by atoms with Gasteiger partial charge in [-0.05, 0) is 47.2 Å². The molecule has 0 radical (unpaired) electrons. The van der Waals surface area contributed by atoms with Crippen LogP contribution < -0.4 is 4.74 Å². The molecule has 0 spiro atoms. The molecule has 0 aromatic heterocycles. The fourth-order valence-electron chi connectivity index (χ4n) is 1.14. The fraction of sp³-hybridized carbons (Fsp3) is 0.200. The Bertz CT molecular complexity index is 455. The number of hydrogen-bond acceptors (Lipinski definition) is 2. The van der Waals surface area contributed by atoms with E-state index in [0.717, 1.165) is 9.13 Å². The second-order valence-electron chi connectivity index (χ2n) is 2.80. The summed E-state index contributed by atoms with van der Waals surface area (Å²) in [6.07, 6.45) is 0. The van der Waals surface area contributed by atoms with Gasteiger partial charge in [0.05, 0.1) is 0 Å². The quantitative estimate of drug-likeness (QED) is 0.659. The summed E-state index contributed by atoms with van der Waals surface area (Å²) < 4.78 is 31.4. The van der Waals surface area contributed by atoms with Gasteiger partial charge < -0.3 is 4.74 Å². The van der Waals surface area contributed by atoms with Gasteiger partial charge in [0.15, 0.2) is 0 Å². The Morgan fingerprint density at radius 1 is 1.56 bits per heavy atom. The molecule has 0 fully saturated rings. The van der Waals surface area contributed by atoms with Crippen LogP contribution in [0.2, 0.25) is 0 Å². The number of rotatable bonds is 3. The zero-order chi connectivity index (χ0) is 12.1. The van der Waals surface area contributed by atoms with Crippen molar-refractivity contribution in [2.75, 3.05) is 0 Å². The number of ether oxygens (including phenoxy) is 1. The molecule has 16 heavy (non-hydrogen) atoms. The largest absolute Gasteiger partial charge is 0.433 e. The Balaban J connectivity index is 3.31. The van der Waals surface area contributed by atoms with Crippen LogP contribution in [0.3, 0.4) is 0 Å². The van der Waals surface area contributed by atoms with Crippen LogP contribution in [-0.2, 0) is 0 Å². The van der Waals surface area contributed by atoms with Crippen LogP contribution in [0.5, 0.6) is 5.75 Å². The predicted molar refractivity (Wildman–Crippen MR) is 75.3 cm³/mol. The van der Waals surface area contributed by atoms with E-state index in [-0.39, 0.29) is 11.3 Å². The lowest BCUT2D eigenvalue weighted by atomic mass is 10.1. The zero-order valence-corrected chi connectivity index (χ0v) is 12.5. The van der Waals surface area contributed by atoms with Crippen LogP contribution in [0.15, 0.2) is 12.1 Å². The first-order valence-corrected chi connectivity index (χ1v) is 7.70. The molecule has 6 heteroatoms. The van der Waals surface area contributed by atoms with Crippen LogP contribution >= 0.6 is 43.3 Å². The Morgan fingerprint density at radius 2 is 2.25 bits per heavy atom. The summed E-state index contributed by atoms with van der Waals surface area (Å²) in [7, 11) is 0. The van der Waals surface area contributed by atoms with Gasteiger partial charge in [-0.25, -0.2) is 0 Å². The molecule has 1 aromatic carbocycles. The van der Waals surface area contributed by atoms with Gasteiger partial charge in [-0.15, -0.1) is 0 Å². The first-order valence-electron chi connectivity index (χ1n) is 4.13. The van der Waals surface area contributed by atoms with Gasteiger partial charge >= 0.3 is 6.61 Å². The summed E-state index contributed by atoms with van der Waals surface area (Å²) in [5, 5.41) is 8.96. The van der Waals surface area contributed by atoms with Gasteiger partial charge in [-0.2, -0.15) is 14.0 Å². The molecule has 0 aliphatic heterocycles. The molecular weight excluding hydrogens is 442 g/mol. The van der Waals surface area contributed by atoms with Crippen LogP contribution in [-0.4, -0.2) is 8.63 Å². The highest BCUT2D eigenvalue weighted by Gasteiger charge is 2.13. The van der Waals surface area contributed by atoms with Crippen LogP contribution in [0, 0.1) is 21.8 Å². The third-order valence-electron chi connectivity index (χ3n) is 1.69. The number of alkyl halides is 2. The molecule has 0 heterocycles. The van der Waals surface area contributed by atoms with Gasteiger partial charge in [0, 0.05) is 5.59 Å². The van der Waals surface area contributed by atoms with E-state index >= 15 is 0 Å². The highest BCUT2D eigenvalue weighted by Crippen LogP contribution is 2.29. The minimum absolute atomic E-state index is 0.0227. The van der Waals surface area contributed by atoms with E-state index in [4.69, 9.17) is 5.26 Å². The van der Waals surface area contributed by atoms with Crippen LogP contribution in [0.25, 0.3) is 0 Å². The summed E-state index contributed by atoms with van der Waals surface area (Å²) in [4.78, 5) is 0. The maximum atomic E-state index is 12.2. The van der Waals surface area contributed by atoms with Crippen molar-refractivity contribution in [3.05, 3.63) is 26.8 Å². The van der Waals surface area contributed by atoms with Crippen LogP contribution in [0.1, 0.15) is 11.1 Å². The summed E-state index contributed by atoms with van der Waals surface area (Å²) in [5.74, 6) is -0.0227. The number of halogens is 4. The molecular formula is C10H7F2I2NO. The van der Waals surface area contributed by atoms with Crippen molar-refractivity contribution in [3.63, 3.8) is 0 Å². The van der Waals surface area contributed by atoms with Gasteiger partial charge in [0.1, 0.15) is 17.4 Å². The summed E-state index contributed by atoms with van der Waals surface area (Å²) in [6.45, 7) is -1.11. The molecule has 0 N–H and O–H groups in total. The summed E-state index contributed by atoms with van der Waals surface area (Å²) >= 11 is 1.65. The van der Waals surface area contributed by atoms with E-state index in [9.17, 15) is 8.78 Å². The van der Waals surface area contributed by atoms with Crippen molar-refractivity contribution in [1.29, 1.82) is 5.26 Å².